The summed E-state index contributed by atoms with van der Waals surface area (Å²) in [5, 5.41) is 0.714. The maximum atomic E-state index is 14.0. The van der Waals surface area contributed by atoms with Crippen molar-refractivity contribution in [2.45, 2.75) is 38.6 Å². The van der Waals surface area contributed by atoms with Crippen molar-refractivity contribution in [2.24, 2.45) is 5.73 Å². The number of methoxy groups -OCH3 is 1. The molecule has 43 heavy (non-hydrogen) atoms. The fraction of sp³-hybridized carbons (Fsp3) is 0.267. The Hall–Kier alpha value is -5.46. The van der Waals surface area contributed by atoms with Crippen molar-refractivity contribution < 1.29 is 28.7 Å². The van der Waals surface area contributed by atoms with E-state index in [4.69, 9.17) is 26.7 Å². The quantitative estimate of drug-likeness (QED) is 0.178. The monoisotopic (exact) mass is 587 g/mol. The molecule has 0 spiro atoms. The molecule has 1 atom stereocenters. The summed E-state index contributed by atoms with van der Waals surface area (Å²) in [5.41, 5.74) is 20.2. The van der Waals surface area contributed by atoms with E-state index in [1.807, 2.05) is 18.3 Å². The highest BCUT2D eigenvalue weighted by molar-refractivity contribution is 6.10. The molecule has 0 aliphatic heterocycles. The number of nitrogens with one attached hydrogen (secondary N) is 1. The van der Waals surface area contributed by atoms with E-state index in [-0.39, 0.29) is 42.2 Å². The lowest BCUT2D eigenvalue weighted by atomic mass is 10.0. The van der Waals surface area contributed by atoms with Gasteiger partial charge in [0.2, 0.25) is 11.9 Å². The van der Waals surface area contributed by atoms with Crippen LogP contribution in [-0.4, -0.2) is 58.5 Å². The number of benzene rings is 2. The van der Waals surface area contributed by atoms with Crippen molar-refractivity contribution in [3.8, 4) is 0 Å². The summed E-state index contributed by atoms with van der Waals surface area (Å²) in [7, 11) is 1.19. The van der Waals surface area contributed by atoms with Crippen molar-refractivity contribution in [3.05, 3.63) is 77.0 Å². The molecule has 2 amide bonds. The first-order valence-electron chi connectivity index (χ1n) is 13.6. The van der Waals surface area contributed by atoms with Crippen LogP contribution in [0.5, 0.6) is 0 Å². The van der Waals surface area contributed by atoms with Crippen LogP contribution in [0.4, 0.5) is 17.5 Å². The van der Waals surface area contributed by atoms with Crippen LogP contribution in [0.15, 0.2) is 54.7 Å². The summed E-state index contributed by atoms with van der Waals surface area (Å²) < 4.78 is 10.1. The molecule has 2 aromatic carbocycles. The number of rotatable bonds is 12. The standard InChI is InChI=1S/C30H33N7O6/c1-3-43-28(40)19-5-4-6-21(15-19)37(22(29(41)42-2)13-14-23(31)38)27(39)18-10-7-17(8-11-18)9-12-20-16-34-26-24(20)25(32)35-30(33)36-26/h4-8,10-11,15-16,22H,3,9,12-14H2,1-2H3,(H2,31,38)(H5,32,33,34,35,36)/t22-/m0/s1. The van der Waals surface area contributed by atoms with E-state index in [0.29, 0.717) is 29.7 Å². The first-order valence-corrected chi connectivity index (χ1v) is 13.6. The zero-order valence-corrected chi connectivity index (χ0v) is 23.8. The number of nitrogens with zero attached hydrogens (tertiary/aromatic N) is 3. The first kappa shape index (κ1) is 30.5. The summed E-state index contributed by atoms with van der Waals surface area (Å²) in [6.45, 7) is 1.84. The van der Waals surface area contributed by atoms with Crippen molar-refractivity contribution in [1.29, 1.82) is 0 Å². The summed E-state index contributed by atoms with van der Waals surface area (Å²) in [4.78, 5) is 63.4. The van der Waals surface area contributed by atoms with Gasteiger partial charge in [0, 0.05) is 23.9 Å². The Labute approximate surface area is 247 Å². The second kappa shape index (κ2) is 13.5. The summed E-state index contributed by atoms with van der Waals surface area (Å²) in [6.07, 6.45) is 2.80. The molecule has 224 valence electrons. The van der Waals surface area contributed by atoms with Gasteiger partial charge in [-0.2, -0.15) is 9.97 Å². The van der Waals surface area contributed by atoms with Crippen LogP contribution in [0.3, 0.4) is 0 Å². The number of carbonyl (C=O) groups excluding carboxylic acids is 4. The highest BCUT2D eigenvalue weighted by Crippen LogP contribution is 2.27. The van der Waals surface area contributed by atoms with E-state index in [2.05, 4.69) is 15.0 Å². The number of aromatic amines is 1. The molecule has 7 N–H and O–H groups in total. The number of aromatic nitrogens is 3. The van der Waals surface area contributed by atoms with Gasteiger partial charge in [0.1, 0.15) is 17.5 Å². The number of esters is 2. The number of nitrogen functional groups attached to an aromatic ring is 2. The number of carbonyl (C=O) groups is 4. The Kier molecular flexibility index (Phi) is 9.55. The number of primary amides is 1. The van der Waals surface area contributed by atoms with E-state index in [0.717, 1.165) is 11.1 Å². The first-order chi connectivity index (χ1) is 20.6. The molecule has 13 nitrogen and oxygen atoms in total. The van der Waals surface area contributed by atoms with Gasteiger partial charge in [-0.05, 0) is 67.6 Å². The van der Waals surface area contributed by atoms with E-state index >= 15 is 0 Å². The second-order valence-corrected chi connectivity index (χ2v) is 9.69. The van der Waals surface area contributed by atoms with Crippen LogP contribution in [0.25, 0.3) is 11.0 Å². The predicted molar refractivity (Wildman–Crippen MR) is 160 cm³/mol. The number of hydrogen-bond donors (Lipinski definition) is 4. The van der Waals surface area contributed by atoms with Crippen LogP contribution < -0.4 is 22.1 Å². The molecule has 0 aliphatic rings. The average Bonchev–Trinajstić information content (AvgIpc) is 3.40. The molecule has 0 aliphatic carbocycles. The molecular weight excluding hydrogens is 554 g/mol. The van der Waals surface area contributed by atoms with Crippen molar-refractivity contribution in [2.75, 3.05) is 30.1 Å². The van der Waals surface area contributed by atoms with Gasteiger partial charge < -0.3 is 31.7 Å². The molecule has 4 aromatic rings. The van der Waals surface area contributed by atoms with E-state index in [1.54, 1.807) is 31.2 Å². The highest BCUT2D eigenvalue weighted by Gasteiger charge is 2.33. The number of fused-ring (bicyclic) bond motifs is 1. The summed E-state index contributed by atoms with van der Waals surface area (Å²) in [5.74, 6) is -2.12. The molecule has 0 bridgehead atoms. The van der Waals surface area contributed by atoms with Gasteiger partial charge in [-0.1, -0.05) is 18.2 Å². The van der Waals surface area contributed by atoms with Gasteiger partial charge in [-0.25, -0.2) is 9.59 Å². The second-order valence-electron chi connectivity index (χ2n) is 9.69. The smallest absolute Gasteiger partial charge is 0.338 e. The minimum atomic E-state index is -1.19. The van der Waals surface area contributed by atoms with Crippen molar-refractivity contribution in [3.63, 3.8) is 0 Å². The van der Waals surface area contributed by atoms with Crippen LogP contribution in [0, 0.1) is 0 Å². The molecule has 13 heteroatoms. The Morgan fingerprint density at radius 3 is 2.42 bits per heavy atom. The van der Waals surface area contributed by atoms with Gasteiger partial charge >= 0.3 is 11.9 Å². The third-order valence-electron chi connectivity index (χ3n) is 6.85. The largest absolute Gasteiger partial charge is 0.467 e. The summed E-state index contributed by atoms with van der Waals surface area (Å²) >= 11 is 0. The summed E-state index contributed by atoms with van der Waals surface area (Å²) in [6, 6.07) is 11.9. The van der Waals surface area contributed by atoms with Gasteiger partial charge in [0.25, 0.3) is 5.91 Å². The lowest BCUT2D eigenvalue weighted by Gasteiger charge is -2.30. The highest BCUT2D eigenvalue weighted by atomic mass is 16.5. The Bertz CT molecular complexity index is 1650. The number of H-pyrrole nitrogens is 1. The molecule has 2 heterocycles. The van der Waals surface area contributed by atoms with E-state index < -0.39 is 29.8 Å². The lowest BCUT2D eigenvalue weighted by molar-refractivity contribution is -0.142. The van der Waals surface area contributed by atoms with E-state index in [9.17, 15) is 19.2 Å². The molecule has 0 fully saturated rings. The number of aryl methyl sites for hydroxylation is 2. The molecule has 4 rings (SSSR count). The van der Waals surface area contributed by atoms with Gasteiger partial charge in [0.05, 0.1) is 24.7 Å². The third kappa shape index (κ3) is 7.07. The number of anilines is 3. The van der Waals surface area contributed by atoms with Gasteiger partial charge in [-0.15, -0.1) is 0 Å². The fourth-order valence-electron chi connectivity index (χ4n) is 4.78. The molecule has 0 saturated carbocycles. The maximum absolute atomic E-state index is 14.0. The van der Waals surface area contributed by atoms with E-state index in [1.165, 1.54) is 24.1 Å². The normalized spacial score (nSPS) is 11.6. The number of nitrogens with two attached hydrogens (primary N) is 3. The third-order valence-corrected chi connectivity index (χ3v) is 6.85. The zero-order chi connectivity index (χ0) is 31.1. The van der Waals surface area contributed by atoms with Crippen LogP contribution in [-0.2, 0) is 31.9 Å². The van der Waals surface area contributed by atoms with Crippen LogP contribution in [0.1, 0.15) is 51.6 Å². The number of amides is 2. The minimum Gasteiger partial charge on any atom is -0.467 e. The fourth-order valence-corrected chi connectivity index (χ4v) is 4.78. The zero-order valence-electron chi connectivity index (χ0n) is 23.8. The molecule has 2 aromatic heterocycles. The number of ether oxygens (including phenoxy) is 2. The van der Waals surface area contributed by atoms with Crippen molar-refractivity contribution >= 4 is 52.2 Å². The predicted octanol–water partition coefficient (Wildman–Crippen LogP) is 2.54. The molecule has 0 saturated heterocycles. The Morgan fingerprint density at radius 2 is 1.74 bits per heavy atom. The van der Waals surface area contributed by atoms with Crippen LogP contribution in [0.2, 0.25) is 0 Å². The minimum absolute atomic E-state index is 0.0847. The Morgan fingerprint density at radius 1 is 1.00 bits per heavy atom. The van der Waals surface area contributed by atoms with Crippen LogP contribution >= 0.6 is 0 Å². The maximum Gasteiger partial charge on any atom is 0.338 e. The number of hydrogen-bond acceptors (Lipinski definition) is 10. The SMILES string of the molecule is CCOC(=O)c1cccc(N(C(=O)c2ccc(CCc3c[nH]c4nc(N)nc(N)c34)cc2)[C@@H](CCC(N)=O)C(=O)OC)c1. The van der Waals surface area contributed by atoms with Gasteiger partial charge in [0.15, 0.2) is 0 Å². The molecular formula is C30H33N7O6. The molecule has 0 radical (unpaired) electrons. The van der Waals surface area contributed by atoms with Gasteiger partial charge in [-0.3, -0.25) is 14.5 Å². The topological polar surface area (TPSA) is 210 Å². The molecule has 0 unspecified atom stereocenters. The van der Waals surface area contributed by atoms with Crippen molar-refractivity contribution in [1.82, 2.24) is 15.0 Å². The lowest BCUT2D eigenvalue weighted by Crippen LogP contribution is -2.46. The Balaban J connectivity index is 1.62. The average molecular weight is 588 g/mol.